The fraction of sp³-hybridized carbons (Fsp3) is 0.286. The minimum Gasteiger partial charge on any atom is -0.368 e. The number of nitrogens with two attached hydrogens (primary N) is 1. The second-order valence-corrected chi connectivity index (χ2v) is 7.14. The highest BCUT2D eigenvalue weighted by molar-refractivity contribution is 5.59. The first-order valence-electron chi connectivity index (χ1n) is 9.16. The van der Waals surface area contributed by atoms with Crippen LogP contribution >= 0.6 is 0 Å². The minimum atomic E-state index is 0.160. The van der Waals surface area contributed by atoms with Crippen molar-refractivity contribution < 1.29 is 0 Å². The molecule has 0 bridgehead atoms. The van der Waals surface area contributed by atoms with Gasteiger partial charge in [0, 0.05) is 11.4 Å². The molecule has 2 aromatic carbocycles. The van der Waals surface area contributed by atoms with E-state index in [9.17, 15) is 0 Å². The van der Waals surface area contributed by atoms with Gasteiger partial charge in [-0.1, -0.05) is 52.0 Å². The molecule has 3 rings (SSSR count). The van der Waals surface area contributed by atoms with Crippen LogP contribution in [0.4, 0.5) is 29.2 Å². The van der Waals surface area contributed by atoms with Crippen molar-refractivity contribution in [1.29, 1.82) is 0 Å². The van der Waals surface area contributed by atoms with E-state index in [0.717, 1.165) is 11.4 Å². The Morgan fingerprint density at radius 3 is 1.33 bits per heavy atom. The maximum absolute atomic E-state index is 5.85. The number of aromatic nitrogens is 3. The van der Waals surface area contributed by atoms with Crippen molar-refractivity contribution in [3.05, 3.63) is 59.7 Å². The molecule has 0 saturated heterocycles. The van der Waals surface area contributed by atoms with Crippen molar-refractivity contribution in [1.82, 2.24) is 15.0 Å². The Balaban J connectivity index is 1.75. The summed E-state index contributed by atoms with van der Waals surface area (Å²) in [6.07, 6.45) is 0. The summed E-state index contributed by atoms with van der Waals surface area (Å²) in [6.45, 7) is 8.67. The lowest BCUT2D eigenvalue weighted by Gasteiger charge is -2.11. The first-order chi connectivity index (χ1) is 12.9. The van der Waals surface area contributed by atoms with Gasteiger partial charge in [-0.15, -0.1) is 0 Å². The molecule has 1 aromatic heterocycles. The largest absolute Gasteiger partial charge is 0.368 e. The van der Waals surface area contributed by atoms with E-state index in [1.165, 1.54) is 11.1 Å². The minimum absolute atomic E-state index is 0.160. The summed E-state index contributed by atoms with van der Waals surface area (Å²) < 4.78 is 0. The van der Waals surface area contributed by atoms with E-state index >= 15 is 0 Å². The normalized spacial score (nSPS) is 11.0. The highest BCUT2D eigenvalue weighted by atomic mass is 15.2. The number of anilines is 5. The molecule has 140 valence electrons. The number of hydrogen-bond acceptors (Lipinski definition) is 6. The van der Waals surface area contributed by atoms with Gasteiger partial charge >= 0.3 is 0 Å². The van der Waals surface area contributed by atoms with E-state index in [4.69, 9.17) is 5.73 Å². The Hall–Kier alpha value is -3.15. The Kier molecular flexibility index (Phi) is 5.54. The average molecular weight is 362 g/mol. The summed E-state index contributed by atoms with van der Waals surface area (Å²) in [7, 11) is 0. The van der Waals surface area contributed by atoms with Crippen molar-refractivity contribution in [3.63, 3.8) is 0 Å². The Morgan fingerprint density at radius 2 is 1.00 bits per heavy atom. The molecule has 0 aliphatic carbocycles. The maximum Gasteiger partial charge on any atom is 0.233 e. The molecule has 1 heterocycles. The summed E-state index contributed by atoms with van der Waals surface area (Å²) in [5.74, 6) is 1.95. The Labute approximate surface area is 160 Å². The maximum atomic E-state index is 5.85. The zero-order valence-electron chi connectivity index (χ0n) is 16.2. The van der Waals surface area contributed by atoms with E-state index in [1.807, 2.05) is 24.3 Å². The molecule has 0 aliphatic heterocycles. The molecular weight excluding hydrogens is 336 g/mol. The Morgan fingerprint density at radius 1 is 0.630 bits per heavy atom. The summed E-state index contributed by atoms with van der Waals surface area (Å²) in [5, 5.41) is 6.36. The van der Waals surface area contributed by atoms with E-state index in [1.54, 1.807) is 0 Å². The first-order valence-corrected chi connectivity index (χ1v) is 9.16. The predicted molar refractivity (Wildman–Crippen MR) is 112 cm³/mol. The monoisotopic (exact) mass is 362 g/mol. The summed E-state index contributed by atoms with van der Waals surface area (Å²) in [4.78, 5) is 12.8. The number of hydrogen-bond donors (Lipinski definition) is 3. The number of nitrogens with one attached hydrogen (secondary N) is 2. The third-order valence-corrected chi connectivity index (χ3v) is 4.32. The van der Waals surface area contributed by atoms with Gasteiger partial charge in [0.05, 0.1) is 0 Å². The molecule has 0 spiro atoms. The van der Waals surface area contributed by atoms with Gasteiger partial charge in [0.15, 0.2) is 0 Å². The molecule has 27 heavy (non-hydrogen) atoms. The smallest absolute Gasteiger partial charge is 0.233 e. The number of rotatable bonds is 6. The number of nitrogens with zero attached hydrogens (tertiary/aromatic N) is 3. The van der Waals surface area contributed by atoms with Crippen molar-refractivity contribution in [3.8, 4) is 0 Å². The molecule has 0 fully saturated rings. The fourth-order valence-electron chi connectivity index (χ4n) is 2.67. The van der Waals surface area contributed by atoms with Gasteiger partial charge in [-0.3, -0.25) is 0 Å². The SMILES string of the molecule is CC(C)c1ccc(Nc2nc(N)nc(Nc3ccc(C(C)C)cc3)n2)cc1. The van der Waals surface area contributed by atoms with Gasteiger partial charge < -0.3 is 16.4 Å². The van der Waals surface area contributed by atoms with Crippen LogP contribution in [0.25, 0.3) is 0 Å². The average Bonchev–Trinajstić information content (AvgIpc) is 2.62. The van der Waals surface area contributed by atoms with E-state index in [-0.39, 0.29) is 5.95 Å². The van der Waals surface area contributed by atoms with Gasteiger partial charge in [-0.05, 0) is 47.2 Å². The lowest BCUT2D eigenvalue weighted by Crippen LogP contribution is -2.07. The van der Waals surface area contributed by atoms with Crippen LogP contribution in [0.2, 0.25) is 0 Å². The van der Waals surface area contributed by atoms with E-state index < -0.39 is 0 Å². The zero-order chi connectivity index (χ0) is 19.4. The predicted octanol–water partition coefficient (Wildman–Crippen LogP) is 5.19. The van der Waals surface area contributed by atoms with Gasteiger partial charge in [0.1, 0.15) is 0 Å². The Bertz CT molecular complexity index is 814. The van der Waals surface area contributed by atoms with Crippen LogP contribution in [0.5, 0.6) is 0 Å². The van der Waals surface area contributed by atoms with Crippen LogP contribution < -0.4 is 16.4 Å². The zero-order valence-corrected chi connectivity index (χ0v) is 16.2. The van der Waals surface area contributed by atoms with Crippen LogP contribution in [0, 0.1) is 0 Å². The van der Waals surface area contributed by atoms with Crippen LogP contribution in [0.1, 0.15) is 50.7 Å². The molecule has 3 aromatic rings. The highest BCUT2D eigenvalue weighted by Crippen LogP contribution is 2.22. The summed E-state index contributed by atoms with van der Waals surface area (Å²) in [5.41, 5.74) is 10.2. The van der Waals surface area contributed by atoms with Crippen LogP contribution in [0.15, 0.2) is 48.5 Å². The molecule has 0 amide bonds. The lowest BCUT2D eigenvalue weighted by molar-refractivity contribution is 0.867. The van der Waals surface area contributed by atoms with E-state index in [2.05, 4.69) is 77.5 Å². The van der Waals surface area contributed by atoms with Gasteiger partial charge in [0.2, 0.25) is 17.8 Å². The molecule has 0 saturated carbocycles. The molecule has 0 aliphatic rings. The van der Waals surface area contributed by atoms with Crippen LogP contribution in [-0.4, -0.2) is 15.0 Å². The van der Waals surface area contributed by atoms with Crippen molar-refractivity contribution in [2.45, 2.75) is 39.5 Å². The van der Waals surface area contributed by atoms with Crippen molar-refractivity contribution >= 4 is 29.2 Å². The second-order valence-electron chi connectivity index (χ2n) is 7.14. The molecule has 6 nitrogen and oxygen atoms in total. The molecule has 0 unspecified atom stereocenters. The lowest BCUT2D eigenvalue weighted by atomic mass is 10.0. The third-order valence-electron chi connectivity index (χ3n) is 4.32. The number of benzene rings is 2. The van der Waals surface area contributed by atoms with Gasteiger partial charge in [-0.2, -0.15) is 15.0 Å². The van der Waals surface area contributed by atoms with Gasteiger partial charge in [0.25, 0.3) is 0 Å². The molecule has 4 N–H and O–H groups in total. The number of nitrogen functional groups attached to an aromatic ring is 1. The molecule has 6 heteroatoms. The van der Waals surface area contributed by atoms with Crippen LogP contribution in [-0.2, 0) is 0 Å². The quantitative estimate of drug-likeness (QED) is 0.559. The summed E-state index contributed by atoms with van der Waals surface area (Å²) in [6, 6.07) is 16.4. The van der Waals surface area contributed by atoms with Gasteiger partial charge in [-0.25, -0.2) is 0 Å². The molecule has 0 atom stereocenters. The molecule has 0 radical (unpaired) electrons. The van der Waals surface area contributed by atoms with E-state index in [0.29, 0.717) is 23.7 Å². The standard InChI is InChI=1S/C21H26N6/c1-13(2)15-5-9-17(10-6-15)23-20-25-19(22)26-21(27-20)24-18-11-7-16(8-12-18)14(3)4/h5-14H,1-4H3,(H4,22,23,24,25,26,27). The first kappa shape index (κ1) is 18.6. The van der Waals surface area contributed by atoms with Crippen molar-refractivity contribution in [2.75, 3.05) is 16.4 Å². The second kappa shape index (κ2) is 8.03. The van der Waals surface area contributed by atoms with Crippen molar-refractivity contribution in [2.24, 2.45) is 0 Å². The third kappa shape index (κ3) is 4.94. The van der Waals surface area contributed by atoms with Crippen LogP contribution in [0.3, 0.4) is 0 Å². The fourth-order valence-corrected chi connectivity index (χ4v) is 2.67. The summed E-state index contributed by atoms with van der Waals surface area (Å²) >= 11 is 0. The topological polar surface area (TPSA) is 88.8 Å². The highest BCUT2D eigenvalue weighted by Gasteiger charge is 2.07. The molecular formula is C21H26N6.